The molecule has 0 radical (unpaired) electrons. The summed E-state index contributed by atoms with van der Waals surface area (Å²) in [7, 11) is 0. The van der Waals surface area contributed by atoms with Crippen LogP contribution in [-0.2, 0) is 4.79 Å². The number of rotatable bonds is 3. The Morgan fingerprint density at radius 3 is 2.65 bits per heavy atom. The Labute approximate surface area is 151 Å². The van der Waals surface area contributed by atoms with Crippen LogP contribution in [0.5, 0.6) is 0 Å². The fourth-order valence-electron chi connectivity index (χ4n) is 3.13. The molecule has 3 heterocycles. The quantitative estimate of drug-likeness (QED) is 0.682. The summed E-state index contributed by atoms with van der Waals surface area (Å²) < 4.78 is 0. The van der Waals surface area contributed by atoms with Gasteiger partial charge in [0.05, 0.1) is 6.20 Å². The third kappa shape index (κ3) is 3.39. The van der Waals surface area contributed by atoms with E-state index in [1.165, 1.54) is 0 Å². The summed E-state index contributed by atoms with van der Waals surface area (Å²) in [5.41, 5.74) is 0.922. The first kappa shape index (κ1) is 16.2. The molecule has 0 bridgehead atoms. The molecule has 1 aromatic carbocycles. The van der Waals surface area contributed by atoms with Crippen LogP contribution in [0.3, 0.4) is 0 Å². The molecule has 1 aliphatic rings. The molecule has 0 spiro atoms. The number of aromatic nitrogens is 3. The molecule has 6 nitrogen and oxygen atoms in total. The van der Waals surface area contributed by atoms with Crippen molar-refractivity contribution < 1.29 is 4.79 Å². The third-order valence-corrected chi connectivity index (χ3v) is 4.54. The number of fused-ring (bicyclic) bond motifs is 1. The first-order chi connectivity index (χ1) is 12.8. The van der Waals surface area contributed by atoms with Gasteiger partial charge in [-0.3, -0.25) is 9.78 Å². The largest absolute Gasteiger partial charge is 0.351 e. The molecule has 2 aromatic heterocycles. The van der Waals surface area contributed by atoms with Crippen molar-refractivity contribution in [3.63, 3.8) is 0 Å². The Hall–Kier alpha value is -3.28. The maximum absolute atomic E-state index is 12.4. The second kappa shape index (κ2) is 7.31. The number of piperazine rings is 1. The van der Waals surface area contributed by atoms with Crippen LogP contribution in [0, 0.1) is 0 Å². The van der Waals surface area contributed by atoms with E-state index >= 15 is 0 Å². The van der Waals surface area contributed by atoms with Crippen LogP contribution in [0.2, 0.25) is 0 Å². The number of pyridine rings is 1. The molecular formula is C20H19N5O. The number of hydrogen-bond donors (Lipinski definition) is 0. The van der Waals surface area contributed by atoms with Gasteiger partial charge in [0.1, 0.15) is 0 Å². The van der Waals surface area contributed by atoms with Gasteiger partial charge in [-0.25, -0.2) is 0 Å². The smallest absolute Gasteiger partial charge is 0.246 e. The lowest BCUT2D eigenvalue weighted by molar-refractivity contribution is -0.126. The van der Waals surface area contributed by atoms with Crippen molar-refractivity contribution in [3.8, 4) is 0 Å². The fraction of sp³-hybridized carbons (Fsp3) is 0.200. The molecule has 4 rings (SSSR count). The Kier molecular flexibility index (Phi) is 4.55. The zero-order valence-corrected chi connectivity index (χ0v) is 14.3. The van der Waals surface area contributed by atoms with Crippen LogP contribution in [0.15, 0.2) is 61.1 Å². The predicted octanol–water partition coefficient (Wildman–Crippen LogP) is 2.39. The van der Waals surface area contributed by atoms with E-state index in [0.717, 1.165) is 35.2 Å². The van der Waals surface area contributed by atoms with E-state index in [0.29, 0.717) is 13.1 Å². The highest BCUT2D eigenvalue weighted by Gasteiger charge is 2.22. The first-order valence-electron chi connectivity index (χ1n) is 8.64. The van der Waals surface area contributed by atoms with E-state index in [-0.39, 0.29) is 5.91 Å². The van der Waals surface area contributed by atoms with E-state index in [4.69, 9.17) is 0 Å². The molecular weight excluding hydrogens is 326 g/mol. The van der Waals surface area contributed by atoms with Gasteiger partial charge in [0.25, 0.3) is 0 Å². The Bertz CT molecular complexity index is 928. The van der Waals surface area contributed by atoms with Crippen LogP contribution < -0.4 is 4.90 Å². The molecule has 3 aromatic rings. The van der Waals surface area contributed by atoms with Gasteiger partial charge in [-0.1, -0.05) is 30.3 Å². The zero-order valence-electron chi connectivity index (χ0n) is 14.3. The molecule has 1 aliphatic heterocycles. The van der Waals surface area contributed by atoms with Gasteiger partial charge in [0.2, 0.25) is 5.91 Å². The number of amides is 1. The van der Waals surface area contributed by atoms with Gasteiger partial charge in [-0.15, -0.1) is 5.10 Å². The van der Waals surface area contributed by atoms with Crippen LogP contribution in [0.1, 0.15) is 5.56 Å². The predicted molar refractivity (Wildman–Crippen MR) is 102 cm³/mol. The number of carbonyl (C=O) groups is 1. The van der Waals surface area contributed by atoms with Gasteiger partial charge in [0, 0.05) is 55.4 Å². The van der Waals surface area contributed by atoms with E-state index in [9.17, 15) is 4.79 Å². The highest BCUT2D eigenvalue weighted by Crippen LogP contribution is 2.24. The lowest BCUT2D eigenvalue weighted by Crippen LogP contribution is -2.48. The minimum atomic E-state index is 0.0255. The fourth-order valence-corrected chi connectivity index (χ4v) is 3.13. The third-order valence-electron chi connectivity index (χ3n) is 4.54. The number of hydrogen-bond acceptors (Lipinski definition) is 5. The van der Waals surface area contributed by atoms with Gasteiger partial charge in [-0.05, 0) is 17.7 Å². The molecule has 26 heavy (non-hydrogen) atoms. The summed E-state index contributed by atoms with van der Waals surface area (Å²) in [4.78, 5) is 20.5. The van der Waals surface area contributed by atoms with E-state index in [1.807, 2.05) is 35.2 Å². The lowest BCUT2D eigenvalue weighted by Gasteiger charge is -2.35. The molecule has 1 fully saturated rings. The number of carbonyl (C=O) groups excluding carboxylic acids is 1. The summed E-state index contributed by atoms with van der Waals surface area (Å²) in [6.45, 7) is 2.83. The molecule has 1 amide bonds. The molecule has 0 N–H and O–H groups in total. The summed E-state index contributed by atoms with van der Waals surface area (Å²) >= 11 is 0. The van der Waals surface area contributed by atoms with Crippen LogP contribution in [0.25, 0.3) is 16.8 Å². The summed E-state index contributed by atoms with van der Waals surface area (Å²) in [6.07, 6.45) is 8.65. The SMILES string of the molecule is O=C(/C=C/c1cccnc1)N1CCN(c2nncc3ccccc23)CC1. The van der Waals surface area contributed by atoms with Crippen molar-refractivity contribution in [1.29, 1.82) is 0 Å². The number of anilines is 1. The van der Waals surface area contributed by atoms with Crippen LogP contribution in [-0.4, -0.2) is 52.2 Å². The summed E-state index contributed by atoms with van der Waals surface area (Å²) in [6, 6.07) is 11.9. The second-order valence-electron chi connectivity index (χ2n) is 6.19. The zero-order chi connectivity index (χ0) is 17.8. The minimum Gasteiger partial charge on any atom is -0.351 e. The van der Waals surface area contributed by atoms with Crippen LogP contribution in [0.4, 0.5) is 5.82 Å². The standard InChI is InChI=1S/C20H19N5O/c26-19(8-7-16-4-3-9-21-14-16)24-10-12-25(13-11-24)20-18-6-2-1-5-17(18)15-22-23-20/h1-9,14-15H,10-13H2/b8-7+. The maximum Gasteiger partial charge on any atom is 0.246 e. The first-order valence-corrected chi connectivity index (χ1v) is 8.64. The van der Waals surface area contributed by atoms with Crippen LogP contribution >= 0.6 is 0 Å². The maximum atomic E-state index is 12.4. The topological polar surface area (TPSA) is 62.2 Å². The van der Waals surface area contributed by atoms with Gasteiger partial charge < -0.3 is 9.80 Å². The number of nitrogens with zero attached hydrogens (tertiary/aromatic N) is 5. The highest BCUT2D eigenvalue weighted by atomic mass is 16.2. The molecule has 0 unspecified atom stereocenters. The van der Waals surface area contributed by atoms with Gasteiger partial charge >= 0.3 is 0 Å². The van der Waals surface area contributed by atoms with E-state index in [2.05, 4.69) is 26.1 Å². The van der Waals surface area contributed by atoms with Crippen molar-refractivity contribution in [1.82, 2.24) is 20.1 Å². The number of benzene rings is 1. The highest BCUT2D eigenvalue weighted by molar-refractivity contribution is 5.93. The molecule has 6 heteroatoms. The minimum absolute atomic E-state index is 0.0255. The summed E-state index contributed by atoms with van der Waals surface area (Å²) in [5, 5.41) is 10.6. The molecule has 0 saturated carbocycles. The van der Waals surface area contributed by atoms with Crippen molar-refractivity contribution in [2.45, 2.75) is 0 Å². The Morgan fingerprint density at radius 2 is 1.85 bits per heavy atom. The molecule has 1 saturated heterocycles. The molecule has 0 aliphatic carbocycles. The molecule has 0 atom stereocenters. The van der Waals surface area contributed by atoms with Crippen molar-refractivity contribution >= 4 is 28.6 Å². The van der Waals surface area contributed by atoms with E-state index < -0.39 is 0 Å². The van der Waals surface area contributed by atoms with Gasteiger partial charge in [0.15, 0.2) is 5.82 Å². The average molecular weight is 345 g/mol. The van der Waals surface area contributed by atoms with Gasteiger partial charge in [-0.2, -0.15) is 5.10 Å². The van der Waals surface area contributed by atoms with Crippen molar-refractivity contribution in [2.75, 3.05) is 31.1 Å². The lowest BCUT2D eigenvalue weighted by atomic mass is 10.1. The van der Waals surface area contributed by atoms with E-state index in [1.54, 1.807) is 30.7 Å². The normalized spacial score (nSPS) is 14.9. The summed E-state index contributed by atoms with van der Waals surface area (Å²) in [5.74, 6) is 0.915. The van der Waals surface area contributed by atoms with Crippen molar-refractivity contribution in [3.05, 3.63) is 66.6 Å². The Balaban J connectivity index is 1.42. The average Bonchev–Trinajstić information content (AvgIpc) is 2.72. The molecule has 130 valence electrons. The monoisotopic (exact) mass is 345 g/mol. The van der Waals surface area contributed by atoms with Crippen molar-refractivity contribution in [2.24, 2.45) is 0 Å². The second-order valence-corrected chi connectivity index (χ2v) is 6.19. The Morgan fingerprint density at radius 1 is 1.00 bits per heavy atom.